The first-order valence-corrected chi connectivity index (χ1v) is 13.4. The molecule has 3 nitrogen and oxygen atoms in total. The number of hydrogen-bond acceptors (Lipinski definition) is 3. The summed E-state index contributed by atoms with van der Waals surface area (Å²) < 4.78 is 45.8. The number of ether oxygens (including phenoxy) is 2. The van der Waals surface area contributed by atoms with Crippen molar-refractivity contribution in [2.75, 3.05) is 6.61 Å². The molecule has 0 aromatic carbocycles. The van der Waals surface area contributed by atoms with E-state index >= 15 is 8.78 Å². The lowest BCUT2D eigenvalue weighted by Gasteiger charge is -2.63. The van der Waals surface area contributed by atoms with E-state index in [1.54, 1.807) is 0 Å². The minimum Gasteiger partial charge on any atom is -0.393 e. The first kappa shape index (κ1) is 22.2. The van der Waals surface area contributed by atoms with E-state index in [1.807, 2.05) is 6.92 Å². The molecule has 1 spiro atoms. The highest BCUT2D eigenvalue weighted by atomic mass is 19.3. The predicted octanol–water partition coefficient (Wildman–Crippen LogP) is 6.04. The molecule has 182 valence electrons. The number of rotatable bonds is 0. The molecular formula is C27H42F2O3. The zero-order valence-corrected chi connectivity index (χ0v) is 20.3. The summed E-state index contributed by atoms with van der Waals surface area (Å²) in [6.45, 7) is 9.21. The largest absolute Gasteiger partial charge is 0.393 e. The van der Waals surface area contributed by atoms with Crippen molar-refractivity contribution in [3.63, 3.8) is 0 Å². The summed E-state index contributed by atoms with van der Waals surface area (Å²) in [4.78, 5) is 0. The van der Waals surface area contributed by atoms with Gasteiger partial charge in [-0.2, -0.15) is 0 Å². The van der Waals surface area contributed by atoms with Crippen LogP contribution >= 0.6 is 0 Å². The van der Waals surface area contributed by atoms with Gasteiger partial charge in [-0.05, 0) is 80.0 Å². The zero-order chi connectivity index (χ0) is 22.7. The first-order chi connectivity index (χ1) is 15.0. The molecule has 5 heteroatoms. The van der Waals surface area contributed by atoms with Gasteiger partial charge in [0, 0.05) is 30.1 Å². The molecule has 6 aliphatic rings. The normalized spacial score (nSPS) is 61.0. The third-order valence-corrected chi connectivity index (χ3v) is 12.0. The zero-order valence-electron chi connectivity index (χ0n) is 20.3. The molecule has 4 aliphatic carbocycles. The van der Waals surface area contributed by atoms with Crippen molar-refractivity contribution in [3.05, 3.63) is 0 Å². The summed E-state index contributed by atoms with van der Waals surface area (Å²) >= 11 is 0. The molecule has 12 atom stereocenters. The average molecular weight is 453 g/mol. The highest BCUT2D eigenvalue weighted by molar-refractivity contribution is 5.20. The number of aliphatic hydroxyl groups excluding tert-OH is 1. The summed E-state index contributed by atoms with van der Waals surface area (Å²) in [5, 5.41) is 10.3. The first-order valence-electron chi connectivity index (χ1n) is 13.4. The summed E-state index contributed by atoms with van der Waals surface area (Å²) in [6, 6.07) is 0. The van der Waals surface area contributed by atoms with Crippen LogP contribution in [0.2, 0.25) is 0 Å². The molecule has 2 heterocycles. The molecule has 2 saturated heterocycles. The van der Waals surface area contributed by atoms with Crippen LogP contribution in [0, 0.1) is 52.3 Å². The van der Waals surface area contributed by atoms with Crippen LogP contribution in [0.1, 0.15) is 85.5 Å². The highest BCUT2D eigenvalue weighted by Gasteiger charge is 2.76. The van der Waals surface area contributed by atoms with E-state index in [9.17, 15) is 5.11 Å². The minimum absolute atomic E-state index is 0.00850. The lowest BCUT2D eigenvalue weighted by atomic mass is 9.43. The van der Waals surface area contributed by atoms with E-state index in [1.165, 1.54) is 0 Å². The lowest BCUT2D eigenvalue weighted by Crippen LogP contribution is -2.62. The van der Waals surface area contributed by atoms with E-state index in [4.69, 9.17) is 9.47 Å². The van der Waals surface area contributed by atoms with Crippen molar-refractivity contribution < 1.29 is 23.4 Å². The fraction of sp³-hybridized carbons (Fsp3) is 1.00. The second kappa shape index (κ2) is 6.91. The molecule has 0 bridgehead atoms. The maximum absolute atomic E-state index is 16.4. The Kier molecular flexibility index (Phi) is 4.80. The van der Waals surface area contributed by atoms with Gasteiger partial charge in [-0.25, -0.2) is 8.78 Å². The third-order valence-electron chi connectivity index (χ3n) is 12.0. The predicted molar refractivity (Wildman–Crippen MR) is 118 cm³/mol. The number of halogens is 2. The van der Waals surface area contributed by atoms with Crippen LogP contribution < -0.4 is 0 Å². The van der Waals surface area contributed by atoms with Crippen molar-refractivity contribution in [1.82, 2.24) is 0 Å². The van der Waals surface area contributed by atoms with Crippen molar-refractivity contribution in [2.45, 2.75) is 109 Å². The SMILES string of the molecule is C[C@@H]1CC[C@@]2(OC1)O[C@H]1C[C@H]3[C@@H]4CC[C@H]5C[C@@H](O)CC[C@]5(C)[C@H]4CC(F)(F)[C@]3(C)[C@H]1[C@@H]2C. The van der Waals surface area contributed by atoms with Crippen LogP contribution in [0.15, 0.2) is 0 Å². The van der Waals surface area contributed by atoms with Crippen molar-refractivity contribution >= 4 is 0 Å². The Morgan fingerprint density at radius 3 is 2.44 bits per heavy atom. The molecule has 6 fully saturated rings. The molecule has 32 heavy (non-hydrogen) atoms. The Bertz CT molecular complexity index is 764. The fourth-order valence-corrected chi connectivity index (χ4v) is 10.1. The number of fused-ring (bicyclic) bond motifs is 7. The van der Waals surface area contributed by atoms with Gasteiger partial charge >= 0.3 is 0 Å². The van der Waals surface area contributed by atoms with E-state index < -0.39 is 17.1 Å². The van der Waals surface area contributed by atoms with Crippen molar-refractivity contribution in [2.24, 2.45) is 52.3 Å². The van der Waals surface area contributed by atoms with Gasteiger partial charge in [0.2, 0.25) is 0 Å². The van der Waals surface area contributed by atoms with Crippen molar-refractivity contribution in [1.29, 1.82) is 0 Å². The fourth-order valence-electron chi connectivity index (χ4n) is 10.1. The van der Waals surface area contributed by atoms with Gasteiger partial charge in [-0.15, -0.1) is 0 Å². The summed E-state index contributed by atoms with van der Waals surface area (Å²) in [7, 11) is 0. The monoisotopic (exact) mass is 452 g/mol. The topological polar surface area (TPSA) is 38.7 Å². The molecule has 0 aromatic heterocycles. The number of hydrogen-bond donors (Lipinski definition) is 1. The van der Waals surface area contributed by atoms with E-state index in [0.717, 1.165) is 51.4 Å². The molecule has 0 radical (unpaired) electrons. The number of alkyl halides is 2. The van der Waals surface area contributed by atoms with Gasteiger partial charge in [0.25, 0.3) is 5.92 Å². The van der Waals surface area contributed by atoms with Crippen LogP contribution in [0.25, 0.3) is 0 Å². The molecule has 0 aromatic rings. The van der Waals surface area contributed by atoms with Crippen LogP contribution in [0.5, 0.6) is 0 Å². The third kappa shape index (κ3) is 2.68. The quantitative estimate of drug-likeness (QED) is 0.487. The van der Waals surface area contributed by atoms with Crippen LogP contribution in [-0.2, 0) is 9.47 Å². The molecule has 2 aliphatic heterocycles. The second-order valence-corrected chi connectivity index (χ2v) is 13.2. The molecule has 1 N–H and O–H groups in total. The molecule has 0 amide bonds. The van der Waals surface area contributed by atoms with Crippen LogP contribution in [0.4, 0.5) is 8.78 Å². The molecule has 0 unspecified atom stereocenters. The second-order valence-electron chi connectivity index (χ2n) is 13.2. The Morgan fingerprint density at radius 2 is 1.72 bits per heavy atom. The summed E-state index contributed by atoms with van der Waals surface area (Å²) in [5.74, 6) is -2.09. The Balaban J connectivity index is 1.33. The van der Waals surface area contributed by atoms with Gasteiger partial charge in [-0.1, -0.05) is 27.7 Å². The smallest absolute Gasteiger partial charge is 0.254 e. The van der Waals surface area contributed by atoms with Crippen LogP contribution in [-0.4, -0.2) is 35.6 Å². The standard InChI is InChI=1S/C27H42F2O3/c1-15-7-10-26(31-14-15)16(2)23-22(32-26)12-20-19-6-5-17-11-18(30)8-9-24(17,3)21(19)13-27(28,29)25(20,23)4/h15-23,30H,5-14H2,1-4H3/t15-,16+,17+,18+,19+,20+,21+,22+,23+,24+,25+,26-/m1/s1. The Labute approximate surface area is 192 Å². The number of aliphatic hydroxyl groups is 1. The van der Waals surface area contributed by atoms with Gasteiger partial charge in [0.1, 0.15) is 0 Å². The van der Waals surface area contributed by atoms with Gasteiger partial charge in [-0.3, -0.25) is 0 Å². The van der Waals surface area contributed by atoms with Gasteiger partial charge in [0.15, 0.2) is 5.79 Å². The van der Waals surface area contributed by atoms with E-state index in [2.05, 4.69) is 20.8 Å². The van der Waals surface area contributed by atoms with Gasteiger partial charge in [0.05, 0.1) is 18.8 Å². The maximum Gasteiger partial charge on any atom is 0.254 e. The molecule has 4 saturated carbocycles. The molecular weight excluding hydrogens is 410 g/mol. The molecule has 6 rings (SSSR count). The average Bonchev–Trinajstić information content (AvgIpc) is 3.18. The summed E-state index contributed by atoms with van der Waals surface area (Å²) in [5.41, 5.74) is -1.06. The Morgan fingerprint density at radius 1 is 0.938 bits per heavy atom. The van der Waals surface area contributed by atoms with Crippen molar-refractivity contribution in [3.8, 4) is 0 Å². The Hall–Kier alpha value is -0.260. The van der Waals surface area contributed by atoms with E-state index in [0.29, 0.717) is 24.4 Å². The minimum atomic E-state index is -2.69. The lowest BCUT2D eigenvalue weighted by molar-refractivity contribution is -0.281. The van der Waals surface area contributed by atoms with Crippen LogP contribution in [0.3, 0.4) is 0 Å². The summed E-state index contributed by atoms with van der Waals surface area (Å²) in [6.07, 6.45) is 6.94. The van der Waals surface area contributed by atoms with Gasteiger partial charge < -0.3 is 14.6 Å². The maximum atomic E-state index is 16.4. The van der Waals surface area contributed by atoms with E-state index in [-0.39, 0.29) is 47.7 Å². The highest BCUT2D eigenvalue weighted by Crippen LogP contribution is 2.74.